The molecule has 0 saturated heterocycles. The van der Waals surface area contributed by atoms with Gasteiger partial charge in [-0.15, -0.1) is 0 Å². The standard InChI is InChI=1S/C4H8BrF2NO3S/c5-3-12(10,11)8-1-4(6,7)2-9/h8-9H,1-3H2. The van der Waals surface area contributed by atoms with Crippen LogP contribution in [0.15, 0.2) is 0 Å². The monoisotopic (exact) mass is 267 g/mol. The predicted octanol–water partition coefficient (Wildman–Crippen LogP) is -0.114. The Morgan fingerprint density at radius 3 is 2.33 bits per heavy atom. The molecule has 0 aromatic rings. The highest BCUT2D eigenvalue weighted by Crippen LogP contribution is 2.10. The molecule has 0 aliphatic rings. The summed E-state index contributed by atoms with van der Waals surface area (Å²) in [6.45, 7) is -2.46. The molecule has 74 valence electrons. The Kier molecular flexibility index (Phi) is 4.53. The van der Waals surface area contributed by atoms with Crippen molar-refractivity contribution in [1.82, 2.24) is 4.72 Å². The molecule has 0 fully saturated rings. The van der Waals surface area contributed by atoms with Gasteiger partial charge in [-0.1, -0.05) is 15.9 Å². The van der Waals surface area contributed by atoms with Crippen molar-refractivity contribution in [1.29, 1.82) is 0 Å². The summed E-state index contributed by atoms with van der Waals surface area (Å²) in [5.41, 5.74) is 0. The molecule has 0 spiro atoms. The Bertz CT molecular complexity index is 230. The number of hydrogen-bond acceptors (Lipinski definition) is 3. The predicted molar refractivity (Wildman–Crippen MR) is 42.7 cm³/mol. The number of sulfonamides is 1. The van der Waals surface area contributed by atoms with Crippen molar-refractivity contribution in [3.8, 4) is 0 Å². The van der Waals surface area contributed by atoms with Gasteiger partial charge in [-0.05, 0) is 0 Å². The lowest BCUT2D eigenvalue weighted by Gasteiger charge is -2.12. The van der Waals surface area contributed by atoms with E-state index in [-0.39, 0.29) is 0 Å². The fraction of sp³-hybridized carbons (Fsp3) is 1.00. The zero-order valence-corrected chi connectivity index (χ0v) is 8.33. The Morgan fingerprint density at radius 2 is 2.00 bits per heavy atom. The van der Waals surface area contributed by atoms with Crippen LogP contribution in [0.25, 0.3) is 0 Å². The average molecular weight is 268 g/mol. The maximum Gasteiger partial charge on any atom is 0.283 e. The molecule has 0 atom stereocenters. The summed E-state index contributed by atoms with van der Waals surface area (Å²) in [5, 5.41) is 8.07. The van der Waals surface area contributed by atoms with Gasteiger partial charge in [-0.2, -0.15) is 0 Å². The van der Waals surface area contributed by atoms with Gasteiger partial charge in [0.2, 0.25) is 10.0 Å². The van der Waals surface area contributed by atoms with Gasteiger partial charge < -0.3 is 5.11 Å². The van der Waals surface area contributed by atoms with Crippen LogP contribution in [0.1, 0.15) is 0 Å². The highest BCUT2D eigenvalue weighted by atomic mass is 79.9. The molecule has 0 radical (unpaired) electrons. The van der Waals surface area contributed by atoms with Gasteiger partial charge in [0.05, 0.1) is 6.54 Å². The first-order valence-electron chi connectivity index (χ1n) is 2.85. The van der Waals surface area contributed by atoms with Crippen molar-refractivity contribution in [3.05, 3.63) is 0 Å². The molecule has 8 heteroatoms. The Labute approximate surface area is 77.1 Å². The van der Waals surface area contributed by atoms with Crippen molar-refractivity contribution in [2.75, 3.05) is 17.8 Å². The zero-order valence-electron chi connectivity index (χ0n) is 5.93. The average Bonchev–Trinajstić information content (AvgIpc) is 2.02. The molecule has 0 amide bonds. The minimum Gasteiger partial charge on any atom is -0.390 e. The van der Waals surface area contributed by atoms with Gasteiger partial charge in [0, 0.05) is 0 Å². The van der Waals surface area contributed by atoms with E-state index in [2.05, 4.69) is 15.9 Å². The Morgan fingerprint density at radius 1 is 1.50 bits per heavy atom. The number of rotatable bonds is 5. The van der Waals surface area contributed by atoms with E-state index in [1.807, 2.05) is 0 Å². The molecule has 0 bridgehead atoms. The van der Waals surface area contributed by atoms with Gasteiger partial charge in [0.25, 0.3) is 5.92 Å². The van der Waals surface area contributed by atoms with Crippen molar-refractivity contribution >= 4 is 26.0 Å². The lowest BCUT2D eigenvalue weighted by atomic mass is 10.4. The first-order valence-corrected chi connectivity index (χ1v) is 5.62. The largest absolute Gasteiger partial charge is 0.390 e. The van der Waals surface area contributed by atoms with Crippen LogP contribution in [0.5, 0.6) is 0 Å². The number of aliphatic hydroxyl groups excluding tert-OH is 1. The van der Waals surface area contributed by atoms with Gasteiger partial charge in [-0.25, -0.2) is 21.9 Å². The smallest absolute Gasteiger partial charge is 0.283 e. The maximum atomic E-state index is 12.2. The van der Waals surface area contributed by atoms with Gasteiger partial charge in [0.15, 0.2) is 0 Å². The third kappa shape index (κ3) is 4.96. The Hall–Kier alpha value is 0.210. The van der Waals surface area contributed by atoms with E-state index in [0.29, 0.717) is 0 Å². The molecular weight excluding hydrogens is 260 g/mol. The summed E-state index contributed by atoms with van der Waals surface area (Å²) in [6, 6.07) is 0. The SMILES string of the molecule is O=S(=O)(CBr)NCC(F)(F)CO. The first-order chi connectivity index (χ1) is 5.33. The van der Waals surface area contributed by atoms with E-state index >= 15 is 0 Å². The highest BCUT2D eigenvalue weighted by Gasteiger charge is 2.29. The molecule has 0 aromatic carbocycles. The van der Waals surface area contributed by atoms with Crippen molar-refractivity contribution < 1.29 is 22.3 Å². The topological polar surface area (TPSA) is 66.4 Å². The quantitative estimate of drug-likeness (QED) is 0.683. The molecule has 4 nitrogen and oxygen atoms in total. The van der Waals surface area contributed by atoms with Crippen LogP contribution in [0.3, 0.4) is 0 Å². The van der Waals surface area contributed by atoms with Gasteiger partial charge >= 0.3 is 0 Å². The third-order valence-corrected chi connectivity index (χ3v) is 3.61. The summed E-state index contributed by atoms with van der Waals surface area (Å²) in [7, 11) is -3.69. The number of alkyl halides is 3. The van der Waals surface area contributed by atoms with Crippen LogP contribution < -0.4 is 4.72 Å². The fourth-order valence-corrected chi connectivity index (χ4v) is 1.30. The van der Waals surface area contributed by atoms with E-state index in [0.717, 1.165) is 0 Å². The normalized spacial score (nSPS) is 13.3. The second-order valence-corrected chi connectivity index (χ2v) is 5.17. The molecule has 0 aliphatic heterocycles. The molecular formula is C4H8BrF2NO3S. The summed E-state index contributed by atoms with van der Waals surface area (Å²) in [4.78, 5) is 0. The lowest BCUT2D eigenvalue weighted by Crippen LogP contribution is -2.39. The third-order valence-electron chi connectivity index (χ3n) is 0.926. The summed E-state index contributed by atoms with van der Waals surface area (Å²) >= 11 is 2.60. The molecule has 0 heterocycles. The molecule has 0 aliphatic carbocycles. The van der Waals surface area contributed by atoms with Crippen LogP contribution in [-0.2, 0) is 10.0 Å². The maximum absolute atomic E-state index is 12.2. The minimum atomic E-state index is -3.69. The fourth-order valence-electron chi connectivity index (χ4n) is 0.310. The molecule has 0 aromatic heterocycles. The second kappa shape index (κ2) is 4.45. The summed E-state index contributed by atoms with van der Waals surface area (Å²) in [6.07, 6.45) is 0. The van der Waals surface area contributed by atoms with Gasteiger partial charge in [0.1, 0.15) is 11.3 Å². The van der Waals surface area contributed by atoms with Crippen LogP contribution in [-0.4, -0.2) is 37.3 Å². The van der Waals surface area contributed by atoms with E-state index in [1.165, 1.54) is 0 Å². The number of hydrogen-bond donors (Lipinski definition) is 2. The number of halogens is 3. The van der Waals surface area contributed by atoms with Crippen LogP contribution in [0.2, 0.25) is 0 Å². The molecule has 0 unspecified atom stereocenters. The first kappa shape index (κ1) is 12.2. The summed E-state index contributed by atoms with van der Waals surface area (Å²) < 4.78 is 46.8. The number of nitrogens with one attached hydrogen (secondary N) is 1. The van der Waals surface area contributed by atoms with E-state index in [4.69, 9.17) is 5.11 Å². The highest BCUT2D eigenvalue weighted by molar-refractivity contribution is 9.10. The minimum absolute atomic E-state index is 0.443. The molecule has 0 saturated carbocycles. The summed E-state index contributed by atoms with van der Waals surface area (Å²) in [5.74, 6) is -3.41. The molecule has 2 N–H and O–H groups in total. The van der Waals surface area contributed by atoms with Crippen molar-refractivity contribution in [3.63, 3.8) is 0 Å². The molecule has 12 heavy (non-hydrogen) atoms. The van der Waals surface area contributed by atoms with E-state index in [1.54, 1.807) is 4.72 Å². The number of aliphatic hydroxyl groups is 1. The molecule has 0 rings (SSSR count). The zero-order chi connectivity index (χ0) is 9.83. The van der Waals surface area contributed by atoms with Crippen LogP contribution in [0, 0.1) is 0 Å². The van der Waals surface area contributed by atoms with Crippen LogP contribution >= 0.6 is 15.9 Å². The Balaban J connectivity index is 4.00. The lowest BCUT2D eigenvalue weighted by molar-refractivity contribution is -0.0436. The van der Waals surface area contributed by atoms with E-state index < -0.39 is 33.8 Å². The van der Waals surface area contributed by atoms with E-state index in [9.17, 15) is 17.2 Å². The van der Waals surface area contributed by atoms with Gasteiger partial charge in [-0.3, -0.25) is 0 Å². The second-order valence-electron chi connectivity index (χ2n) is 2.06. The van der Waals surface area contributed by atoms with Crippen molar-refractivity contribution in [2.24, 2.45) is 0 Å². The van der Waals surface area contributed by atoms with Crippen molar-refractivity contribution in [2.45, 2.75) is 5.92 Å². The van der Waals surface area contributed by atoms with Crippen LogP contribution in [0.4, 0.5) is 8.78 Å².